The number of hydrogen-bond donors (Lipinski definition) is 0. The Morgan fingerprint density at radius 2 is 1.04 bits per heavy atom. The largest absolute Gasteiger partial charge is 0.456 e. The molecule has 0 saturated carbocycles. The third kappa shape index (κ3) is 4.81. The van der Waals surface area contributed by atoms with E-state index in [1.165, 1.54) is 60.6 Å². The van der Waals surface area contributed by atoms with Gasteiger partial charge in [0.05, 0.1) is 11.4 Å². The van der Waals surface area contributed by atoms with E-state index >= 15 is 0 Å². The molecule has 2 heteroatoms. The Balaban J connectivity index is 1.19. The number of para-hydroxylation sites is 1. The predicted molar refractivity (Wildman–Crippen MR) is 232 cm³/mol. The van der Waals surface area contributed by atoms with Gasteiger partial charge in [-0.15, -0.1) is 0 Å². The summed E-state index contributed by atoms with van der Waals surface area (Å²) < 4.78 is 6.60. The van der Waals surface area contributed by atoms with Crippen molar-refractivity contribution in [1.82, 2.24) is 0 Å². The van der Waals surface area contributed by atoms with Crippen LogP contribution in [0.5, 0.6) is 0 Å². The second kappa shape index (κ2) is 12.1. The van der Waals surface area contributed by atoms with E-state index in [0.717, 1.165) is 44.4 Å². The number of hydrogen-bond acceptors (Lipinski definition) is 2. The first-order chi connectivity index (χ1) is 27.0. The van der Waals surface area contributed by atoms with E-state index < -0.39 is 0 Å². The topological polar surface area (TPSA) is 16.4 Å². The van der Waals surface area contributed by atoms with Gasteiger partial charge in [-0.2, -0.15) is 0 Å². The van der Waals surface area contributed by atoms with Crippen molar-refractivity contribution in [3.63, 3.8) is 0 Å². The van der Waals surface area contributed by atoms with Gasteiger partial charge in [0.1, 0.15) is 11.2 Å². The molecule has 55 heavy (non-hydrogen) atoms. The Hall–Kier alpha value is -6.90. The van der Waals surface area contributed by atoms with Crippen LogP contribution in [0, 0.1) is 0 Å². The van der Waals surface area contributed by atoms with Crippen molar-refractivity contribution in [2.45, 2.75) is 19.3 Å². The summed E-state index contributed by atoms with van der Waals surface area (Å²) in [5.41, 5.74) is 15.0. The molecule has 0 spiro atoms. The molecule has 1 aromatic heterocycles. The predicted octanol–water partition coefficient (Wildman–Crippen LogP) is 15.0. The third-order valence-electron chi connectivity index (χ3n) is 11.8. The van der Waals surface area contributed by atoms with Crippen LogP contribution in [-0.4, -0.2) is 0 Å². The van der Waals surface area contributed by atoms with Gasteiger partial charge >= 0.3 is 0 Å². The molecule has 0 fully saturated rings. The zero-order chi connectivity index (χ0) is 36.7. The highest BCUT2D eigenvalue weighted by Gasteiger charge is 2.39. The quantitative estimate of drug-likeness (QED) is 0.177. The van der Waals surface area contributed by atoms with Crippen LogP contribution < -0.4 is 4.90 Å². The molecular formula is C53H37NO. The van der Waals surface area contributed by atoms with Gasteiger partial charge in [-0.25, -0.2) is 0 Å². The van der Waals surface area contributed by atoms with E-state index in [-0.39, 0.29) is 5.41 Å². The van der Waals surface area contributed by atoms with Gasteiger partial charge in [0, 0.05) is 27.4 Å². The van der Waals surface area contributed by atoms with E-state index in [2.05, 4.69) is 207 Å². The summed E-state index contributed by atoms with van der Waals surface area (Å²) in [6.45, 7) is 4.75. The van der Waals surface area contributed by atoms with Crippen LogP contribution in [0.1, 0.15) is 25.0 Å². The van der Waals surface area contributed by atoms with Crippen LogP contribution >= 0.6 is 0 Å². The second-order valence-corrected chi connectivity index (χ2v) is 15.3. The van der Waals surface area contributed by atoms with E-state index in [4.69, 9.17) is 4.42 Å². The molecule has 0 unspecified atom stereocenters. The van der Waals surface area contributed by atoms with E-state index in [1.807, 2.05) is 0 Å². The van der Waals surface area contributed by atoms with Crippen LogP contribution in [0.15, 0.2) is 192 Å². The first-order valence-corrected chi connectivity index (χ1v) is 19.1. The third-order valence-corrected chi connectivity index (χ3v) is 11.8. The van der Waals surface area contributed by atoms with Crippen LogP contribution in [0.25, 0.3) is 76.9 Å². The molecule has 0 atom stereocenters. The van der Waals surface area contributed by atoms with Crippen LogP contribution in [0.4, 0.5) is 17.1 Å². The van der Waals surface area contributed by atoms with Gasteiger partial charge in [0.2, 0.25) is 0 Å². The van der Waals surface area contributed by atoms with Crippen molar-refractivity contribution in [3.8, 4) is 33.4 Å². The van der Waals surface area contributed by atoms with Crippen LogP contribution in [0.2, 0.25) is 0 Å². The van der Waals surface area contributed by atoms with Crippen molar-refractivity contribution in [1.29, 1.82) is 0 Å². The van der Waals surface area contributed by atoms with Gasteiger partial charge in [-0.3, -0.25) is 0 Å². The summed E-state index contributed by atoms with van der Waals surface area (Å²) >= 11 is 0. The number of benzene rings is 9. The lowest BCUT2D eigenvalue weighted by Gasteiger charge is -2.33. The molecule has 0 amide bonds. The maximum atomic E-state index is 6.60. The highest BCUT2D eigenvalue weighted by molar-refractivity contribution is 6.16. The lowest BCUT2D eigenvalue weighted by atomic mass is 9.81. The Morgan fingerprint density at radius 3 is 1.93 bits per heavy atom. The van der Waals surface area contributed by atoms with Crippen molar-refractivity contribution in [2.24, 2.45) is 0 Å². The normalized spacial score (nSPS) is 13.1. The van der Waals surface area contributed by atoms with Crippen molar-refractivity contribution >= 4 is 60.5 Å². The van der Waals surface area contributed by atoms with E-state index in [0.29, 0.717) is 0 Å². The highest BCUT2D eigenvalue weighted by Crippen LogP contribution is 2.55. The number of fused-ring (bicyclic) bond motifs is 8. The fourth-order valence-corrected chi connectivity index (χ4v) is 9.34. The summed E-state index contributed by atoms with van der Waals surface area (Å²) in [5.74, 6) is 0. The highest BCUT2D eigenvalue weighted by atomic mass is 16.3. The maximum absolute atomic E-state index is 6.60. The van der Waals surface area contributed by atoms with Gasteiger partial charge in [0.15, 0.2) is 0 Å². The number of nitrogens with zero attached hydrogens (tertiary/aromatic N) is 1. The van der Waals surface area contributed by atoms with Crippen molar-refractivity contribution in [3.05, 3.63) is 199 Å². The zero-order valence-electron chi connectivity index (χ0n) is 30.8. The first-order valence-electron chi connectivity index (χ1n) is 19.1. The molecule has 0 aliphatic heterocycles. The van der Waals surface area contributed by atoms with Gasteiger partial charge in [0.25, 0.3) is 0 Å². The average molecular weight is 704 g/mol. The maximum Gasteiger partial charge on any atom is 0.136 e. The molecule has 0 bridgehead atoms. The number of anilines is 3. The Kier molecular flexibility index (Phi) is 6.93. The molecule has 0 N–H and O–H groups in total. The fraction of sp³-hybridized carbons (Fsp3) is 0.0566. The standard InChI is InChI=1S/C53H37NO/c1-53(2)46-27-9-7-22-41(46)44-26-13-29-48(52(44)53)54(38-20-11-19-37(31-38)40-24-12-18-34-15-5-6-21-39(34)40)47-28-10-8-23-42(47)43-25-14-30-49-51(43)45-32-35-16-3-4-17-36(35)33-50(45)55-49/h3-33H,1-2H3. The average Bonchev–Trinajstić information content (AvgIpc) is 3.71. The van der Waals surface area contributed by atoms with E-state index in [1.54, 1.807) is 0 Å². The summed E-state index contributed by atoms with van der Waals surface area (Å²) in [6.07, 6.45) is 0. The number of furan rings is 1. The van der Waals surface area contributed by atoms with Crippen molar-refractivity contribution in [2.75, 3.05) is 4.90 Å². The van der Waals surface area contributed by atoms with E-state index in [9.17, 15) is 0 Å². The SMILES string of the molecule is CC1(C)c2ccccc2-c2cccc(N(c3cccc(-c4cccc5ccccc45)c3)c3ccccc3-c3cccc4oc5cc6ccccc6cc5c34)c21. The molecule has 260 valence electrons. The lowest BCUT2D eigenvalue weighted by Crippen LogP contribution is -2.21. The summed E-state index contributed by atoms with van der Waals surface area (Å²) in [5, 5.41) is 7.12. The summed E-state index contributed by atoms with van der Waals surface area (Å²) in [7, 11) is 0. The molecule has 0 saturated heterocycles. The minimum absolute atomic E-state index is 0.217. The molecule has 1 aliphatic carbocycles. The molecule has 9 aromatic carbocycles. The van der Waals surface area contributed by atoms with Gasteiger partial charge in [-0.1, -0.05) is 159 Å². The first kappa shape index (κ1) is 31.6. The Morgan fingerprint density at radius 1 is 0.418 bits per heavy atom. The molecule has 1 heterocycles. The summed E-state index contributed by atoms with van der Waals surface area (Å²) in [4.78, 5) is 2.51. The molecule has 10 aromatic rings. The summed E-state index contributed by atoms with van der Waals surface area (Å²) in [6, 6.07) is 68.5. The molecule has 1 aliphatic rings. The molecule has 0 radical (unpaired) electrons. The molecular weight excluding hydrogens is 667 g/mol. The molecule has 11 rings (SSSR count). The van der Waals surface area contributed by atoms with Gasteiger partial charge in [-0.05, 0) is 103 Å². The zero-order valence-corrected chi connectivity index (χ0v) is 30.8. The molecule has 2 nitrogen and oxygen atoms in total. The minimum atomic E-state index is -0.217. The Bertz CT molecular complexity index is 3140. The van der Waals surface area contributed by atoms with Crippen LogP contribution in [-0.2, 0) is 5.41 Å². The monoisotopic (exact) mass is 703 g/mol. The van der Waals surface area contributed by atoms with Crippen LogP contribution in [0.3, 0.4) is 0 Å². The van der Waals surface area contributed by atoms with Gasteiger partial charge < -0.3 is 9.32 Å². The van der Waals surface area contributed by atoms with Crippen molar-refractivity contribution < 1.29 is 4.42 Å². The Labute approximate surface area is 320 Å². The smallest absolute Gasteiger partial charge is 0.136 e. The minimum Gasteiger partial charge on any atom is -0.456 e. The second-order valence-electron chi connectivity index (χ2n) is 15.3. The number of rotatable bonds is 5. The fourth-order valence-electron chi connectivity index (χ4n) is 9.34. The lowest BCUT2D eigenvalue weighted by molar-refractivity contribution is 0.661.